The highest BCUT2D eigenvalue weighted by Gasteiger charge is 2.26. The van der Waals surface area contributed by atoms with Crippen LogP contribution in [-0.2, 0) is 6.54 Å². The van der Waals surface area contributed by atoms with E-state index >= 15 is 0 Å². The van der Waals surface area contributed by atoms with Crippen molar-refractivity contribution >= 4 is 11.5 Å². The molecular weight excluding hydrogens is 260 g/mol. The van der Waals surface area contributed by atoms with E-state index in [1.807, 2.05) is 26.1 Å². The minimum Gasteiger partial charge on any atom is -0.363 e. The molecule has 0 aliphatic carbocycles. The maximum atomic E-state index is 11.2. The molecule has 20 heavy (non-hydrogen) atoms. The average Bonchev–Trinajstić information content (AvgIpc) is 2.97. The number of nitro groups is 1. The van der Waals surface area contributed by atoms with E-state index in [9.17, 15) is 10.1 Å². The molecule has 0 radical (unpaired) electrons. The first-order valence-corrected chi connectivity index (χ1v) is 6.45. The largest absolute Gasteiger partial charge is 0.363 e. The topological polar surface area (TPSA) is 90.8 Å². The summed E-state index contributed by atoms with van der Waals surface area (Å²) in [5.41, 5.74) is 0.462. The van der Waals surface area contributed by atoms with Gasteiger partial charge in [-0.2, -0.15) is 10.2 Å². The lowest BCUT2D eigenvalue weighted by Gasteiger charge is -2.11. The minimum absolute atomic E-state index is 0.0409. The van der Waals surface area contributed by atoms with Crippen LogP contribution in [0.5, 0.6) is 0 Å². The molecule has 8 heteroatoms. The minimum atomic E-state index is -0.391. The Morgan fingerprint density at radius 3 is 2.80 bits per heavy atom. The lowest BCUT2D eigenvalue weighted by atomic mass is 10.3. The van der Waals surface area contributed by atoms with Crippen molar-refractivity contribution in [1.82, 2.24) is 19.6 Å². The Morgan fingerprint density at radius 2 is 2.25 bits per heavy atom. The third-order valence-corrected chi connectivity index (χ3v) is 2.92. The smallest absolute Gasteiger partial charge is 0.333 e. The molecule has 108 valence electrons. The van der Waals surface area contributed by atoms with Gasteiger partial charge in [0.25, 0.3) is 0 Å². The highest BCUT2D eigenvalue weighted by molar-refractivity contribution is 5.59. The highest BCUT2D eigenvalue weighted by Crippen LogP contribution is 2.30. The zero-order chi connectivity index (χ0) is 14.7. The Kier molecular flexibility index (Phi) is 4.02. The zero-order valence-corrected chi connectivity index (χ0v) is 11.8. The molecule has 0 fully saturated rings. The summed E-state index contributed by atoms with van der Waals surface area (Å²) in [7, 11) is 0. The molecule has 2 aromatic rings. The molecule has 0 aliphatic heterocycles. The maximum absolute atomic E-state index is 11.2. The average molecular weight is 278 g/mol. The second-order valence-electron chi connectivity index (χ2n) is 4.77. The van der Waals surface area contributed by atoms with Crippen LogP contribution in [0.15, 0.2) is 18.5 Å². The second-order valence-corrected chi connectivity index (χ2v) is 4.77. The van der Waals surface area contributed by atoms with E-state index < -0.39 is 4.92 Å². The van der Waals surface area contributed by atoms with Gasteiger partial charge < -0.3 is 5.32 Å². The second kappa shape index (κ2) is 5.72. The van der Waals surface area contributed by atoms with Crippen LogP contribution < -0.4 is 5.32 Å². The summed E-state index contributed by atoms with van der Waals surface area (Å²) in [6.45, 7) is 6.70. The standard InChI is InChI=1S/C12H18N6O2/c1-9(2)17-12(11(18(19)20)10(3)15-17)13-6-8-16-7-4-5-14-16/h4-5,7,9,13H,6,8H2,1-3H3. The molecule has 8 nitrogen and oxygen atoms in total. The van der Waals surface area contributed by atoms with Gasteiger partial charge in [0.1, 0.15) is 5.69 Å². The van der Waals surface area contributed by atoms with Crippen molar-refractivity contribution in [2.75, 3.05) is 11.9 Å². The maximum Gasteiger partial charge on any atom is 0.333 e. The van der Waals surface area contributed by atoms with Crippen LogP contribution >= 0.6 is 0 Å². The molecule has 2 rings (SSSR count). The summed E-state index contributed by atoms with van der Waals surface area (Å²) in [6.07, 6.45) is 3.55. The van der Waals surface area contributed by atoms with Crippen LogP contribution in [0, 0.1) is 17.0 Å². The number of aryl methyl sites for hydroxylation is 1. The number of anilines is 1. The van der Waals surface area contributed by atoms with E-state index in [4.69, 9.17) is 0 Å². The quantitative estimate of drug-likeness (QED) is 0.644. The number of hydrogen-bond acceptors (Lipinski definition) is 5. The van der Waals surface area contributed by atoms with Crippen LogP contribution in [0.2, 0.25) is 0 Å². The lowest BCUT2D eigenvalue weighted by Crippen LogP contribution is -2.15. The van der Waals surface area contributed by atoms with Gasteiger partial charge in [0, 0.05) is 25.0 Å². The van der Waals surface area contributed by atoms with E-state index in [-0.39, 0.29) is 11.7 Å². The van der Waals surface area contributed by atoms with Crippen molar-refractivity contribution in [1.29, 1.82) is 0 Å². The number of nitrogens with one attached hydrogen (secondary N) is 1. The van der Waals surface area contributed by atoms with Gasteiger partial charge in [-0.3, -0.25) is 14.8 Å². The predicted molar refractivity (Wildman–Crippen MR) is 74.7 cm³/mol. The summed E-state index contributed by atoms with van der Waals surface area (Å²) < 4.78 is 3.42. The molecule has 2 aromatic heterocycles. The fourth-order valence-corrected chi connectivity index (χ4v) is 2.02. The van der Waals surface area contributed by atoms with E-state index in [1.54, 1.807) is 22.5 Å². The zero-order valence-electron chi connectivity index (χ0n) is 11.8. The SMILES string of the molecule is Cc1nn(C(C)C)c(NCCn2cccn2)c1[N+](=O)[O-]. The van der Waals surface area contributed by atoms with Crippen molar-refractivity contribution in [3.63, 3.8) is 0 Å². The Hall–Kier alpha value is -2.38. The number of hydrogen-bond donors (Lipinski definition) is 1. The van der Waals surface area contributed by atoms with Gasteiger partial charge in [-0.15, -0.1) is 0 Å². The highest BCUT2D eigenvalue weighted by atomic mass is 16.6. The number of aromatic nitrogens is 4. The first-order valence-electron chi connectivity index (χ1n) is 6.45. The summed E-state index contributed by atoms with van der Waals surface area (Å²) in [6, 6.07) is 1.89. The van der Waals surface area contributed by atoms with Gasteiger partial charge in [0.15, 0.2) is 0 Å². The van der Waals surface area contributed by atoms with Gasteiger partial charge in [0.2, 0.25) is 5.82 Å². The van der Waals surface area contributed by atoms with E-state index in [1.165, 1.54) is 0 Å². The number of rotatable bonds is 6. The fourth-order valence-electron chi connectivity index (χ4n) is 2.02. The molecule has 1 N–H and O–H groups in total. The van der Waals surface area contributed by atoms with Gasteiger partial charge in [0.05, 0.1) is 11.5 Å². The van der Waals surface area contributed by atoms with Gasteiger partial charge >= 0.3 is 5.69 Å². The van der Waals surface area contributed by atoms with Crippen molar-refractivity contribution in [2.45, 2.75) is 33.4 Å². The van der Waals surface area contributed by atoms with Crippen LogP contribution in [-0.4, -0.2) is 31.0 Å². The molecule has 0 aliphatic rings. The Bertz CT molecular complexity index is 587. The van der Waals surface area contributed by atoms with E-state index in [0.29, 0.717) is 24.6 Å². The molecule has 0 amide bonds. The van der Waals surface area contributed by atoms with Gasteiger partial charge in [-0.05, 0) is 26.8 Å². The molecule has 0 spiro atoms. The van der Waals surface area contributed by atoms with Crippen LogP contribution in [0.1, 0.15) is 25.6 Å². The number of nitrogens with zero attached hydrogens (tertiary/aromatic N) is 5. The monoisotopic (exact) mass is 278 g/mol. The molecule has 0 unspecified atom stereocenters. The molecule has 0 atom stereocenters. The predicted octanol–water partition coefficient (Wildman–Crippen LogP) is 1.99. The first kappa shape index (κ1) is 14.0. The summed E-state index contributed by atoms with van der Waals surface area (Å²) >= 11 is 0. The third-order valence-electron chi connectivity index (χ3n) is 2.92. The lowest BCUT2D eigenvalue weighted by molar-refractivity contribution is -0.384. The Labute approximate surface area is 116 Å². The molecular formula is C12H18N6O2. The molecule has 2 heterocycles. The van der Waals surface area contributed by atoms with Crippen LogP contribution in [0.3, 0.4) is 0 Å². The van der Waals surface area contributed by atoms with Crippen molar-refractivity contribution < 1.29 is 4.92 Å². The first-order chi connectivity index (χ1) is 9.50. The van der Waals surface area contributed by atoms with Crippen molar-refractivity contribution in [2.24, 2.45) is 0 Å². The van der Waals surface area contributed by atoms with E-state index in [0.717, 1.165) is 0 Å². The molecule has 0 saturated heterocycles. The normalized spacial score (nSPS) is 11.0. The molecule has 0 bridgehead atoms. The van der Waals surface area contributed by atoms with Crippen LogP contribution in [0.25, 0.3) is 0 Å². The summed E-state index contributed by atoms with van der Waals surface area (Å²) in [5.74, 6) is 0.453. The van der Waals surface area contributed by atoms with E-state index in [2.05, 4.69) is 15.5 Å². The van der Waals surface area contributed by atoms with Crippen molar-refractivity contribution in [3.05, 3.63) is 34.3 Å². The third kappa shape index (κ3) is 2.79. The van der Waals surface area contributed by atoms with Gasteiger partial charge in [-0.25, -0.2) is 4.68 Å². The fraction of sp³-hybridized carbons (Fsp3) is 0.500. The Balaban J connectivity index is 2.18. The summed E-state index contributed by atoms with van der Waals surface area (Å²) in [4.78, 5) is 10.8. The van der Waals surface area contributed by atoms with Crippen LogP contribution in [0.4, 0.5) is 11.5 Å². The van der Waals surface area contributed by atoms with Gasteiger partial charge in [-0.1, -0.05) is 0 Å². The molecule has 0 saturated carbocycles. The molecule has 0 aromatic carbocycles. The van der Waals surface area contributed by atoms with Crippen molar-refractivity contribution in [3.8, 4) is 0 Å². The summed E-state index contributed by atoms with van der Waals surface area (Å²) in [5, 5.41) is 22.6. The Morgan fingerprint density at radius 1 is 1.50 bits per heavy atom.